The quantitative estimate of drug-likeness (QED) is 0.272. The largest absolute Gasteiger partial charge is 0.491 e. The van der Waals surface area contributed by atoms with Crippen molar-refractivity contribution >= 4 is 11.1 Å². The van der Waals surface area contributed by atoms with Crippen LogP contribution in [0.25, 0.3) is 11.1 Å². The van der Waals surface area contributed by atoms with E-state index in [9.17, 15) is 5.11 Å². The van der Waals surface area contributed by atoms with Gasteiger partial charge in [0.2, 0.25) is 6.79 Å². The van der Waals surface area contributed by atoms with Gasteiger partial charge in [0.15, 0.2) is 18.3 Å². The molecule has 4 rings (SSSR count). The number of nitrogens with zero attached hydrogens (tertiary/aromatic N) is 1. The minimum absolute atomic E-state index is 0.199. The van der Waals surface area contributed by atoms with Gasteiger partial charge in [-0.2, -0.15) is 0 Å². The van der Waals surface area contributed by atoms with E-state index in [1.807, 2.05) is 55.4 Å². The van der Waals surface area contributed by atoms with Crippen LogP contribution in [0.4, 0.5) is 0 Å². The Hall–Kier alpha value is -3.52. The Balaban J connectivity index is 1.69. The minimum Gasteiger partial charge on any atom is -0.491 e. The number of likely N-dealkylation sites (N-methyl/N-ethyl adjacent to an activating group) is 1. The Kier molecular flexibility index (Phi) is 9.06. The maximum Gasteiger partial charge on any atom is 0.231 e. The Bertz CT molecular complexity index is 1190. The molecule has 0 aromatic heterocycles. The van der Waals surface area contributed by atoms with Crippen molar-refractivity contribution in [1.29, 1.82) is 0 Å². The zero-order valence-corrected chi connectivity index (χ0v) is 21.9. The molecular weight excluding hydrogens is 470 g/mol. The number of hydrogen-bond donors (Lipinski definition) is 1. The van der Waals surface area contributed by atoms with E-state index in [0.29, 0.717) is 12.3 Å². The van der Waals surface area contributed by atoms with Crippen LogP contribution in [0.1, 0.15) is 30.0 Å². The lowest BCUT2D eigenvalue weighted by Gasteiger charge is -2.18. The van der Waals surface area contributed by atoms with Crippen molar-refractivity contribution in [2.24, 2.45) is 0 Å². The number of hydrogen-bond acceptors (Lipinski definition) is 7. The van der Waals surface area contributed by atoms with Crippen molar-refractivity contribution in [3.05, 3.63) is 83.4 Å². The molecule has 196 valence electrons. The van der Waals surface area contributed by atoms with Crippen molar-refractivity contribution < 1.29 is 28.8 Å². The average molecular weight is 506 g/mol. The van der Waals surface area contributed by atoms with Crippen molar-refractivity contribution in [3.8, 4) is 23.0 Å². The van der Waals surface area contributed by atoms with E-state index in [2.05, 4.69) is 37.3 Å². The highest BCUT2D eigenvalue weighted by Gasteiger charge is 2.18. The van der Waals surface area contributed by atoms with Crippen LogP contribution >= 0.6 is 0 Å². The normalized spacial score (nSPS) is 13.9. The molecule has 1 heterocycles. The van der Waals surface area contributed by atoms with Crippen LogP contribution in [0.5, 0.6) is 23.0 Å². The van der Waals surface area contributed by atoms with E-state index in [1.54, 1.807) is 7.11 Å². The van der Waals surface area contributed by atoms with E-state index in [1.165, 1.54) is 5.57 Å². The minimum atomic E-state index is -0.554. The van der Waals surface area contributed by atoms with Crippen LogP contribution in [0.2, 0.25) is 0 Å². The molecule has 1 unspecified atom stereocenters. The average Bonchev–Trinajstić information content (AvgIpc) is 3.38. The third kappa shape index (κ3) is 6.83. The zero-order valence-electron chi connectivity index (χ0n) is 21.9. The summed E-state index contributed by atoms with van der Waals surface area (Å²) in [5, 5.41) is 10.1. The molecule has 0 amide bonds. The van der Waals surface area contributed by atoms with Gasteiger partial charge in [0.05, 0.1) is 0 Å². The van der Waals surface area contributed by atoms with Gasteiger partial charge in [0, 0.05) is 13.7 Å². The lowest BCUT2D eigenvalue weighted by atomic mass is 9.88. The second-order valence-corrected chi connectivity index (χ2v) is 9.10. The molecule has 0 saturated heterocycles. The van der Waals surface area contributed by atoms with Gasteiger partial charge < -0.3 is 33.7 Å². The number of ether oxygens (including phenoxy) is 5. The summed E-state index contributed by atoms with van der Waals surface area (Å²) < 4.78 is 27.6. The Morgan fingerprint density at radius 2 is 1.46 bits per heavy atom. The monoisotopic (exact) mass is 505 g/mol. The maximum absolute atomic E-state index is 10.1. The molecule has 0 radical (unpaired) electrons. The summed E-state index contributed by atoms with van der Waals surface area (Å²) >= 11 is 0. The molecule has 1 N–H and O–H groups in total. The fraction of sp³-hybridized carbons (Fsp3) is 0.333. The van der Waals surface area contributed by atoms with E-state index >= 15 is 0 Å². The number of rotatable bonds is 12. The lowest BCUT2D eigenvalue weighted by molar-refractivity contribution is 0.0511. The molecule has 7 nitrogen and oxygen atoms in total. The zero-order chi connectivity index (χ0) is 26.2. The SMILES string of the molecule is CC/C(=C(\c1ccc(OCOC)cc1)c1ccc(OCC(O)CN(C)C)cc1)c1ccc2c(c1)OCO2. The molecule has 1 aliphatic heterocycles. The first kappa shape index (κ1) is 26.5. The predicted molar refractivity (Wildman–Crippen MR) is 144 cm³/mol. The summed E-state index contributed by atoms with van der Waals surface area (Å²) in [6.45, 7) is 3.37. The topological polar surface area (TPSA) is 69.6 Å². The molecule has 1 atom stereocenters. The number of benzene rings is 3. The number of aliphatic hydroxyl groups is 1. The molecule has 7 heteroatoms. The summed E-state index contributed by atoms with van der Waals surface area (Å²) in [6.07, 6.45) is 0.257. The maximum atomic E-state index is 10.1. The summed E-state index contributed by atoms with van der Waals surface area (Å²) in [4.78, 5) is 1.93. The highest BCUT2D eigenvalue weighted by atomic mass is 16.7. The van der Waals surface area contributed by atoms with E-state index in [-0.39, 0.29) is 20.2 Å². The fourth-order valence-corrected chi connectivity index (χ4v) is 4.35. The standard InChI is InChI=1S/C30H35NO6/c1-5-27(23-10-15-28-29(16-23)37-20-36-28)30(22-8-13-26(14-9-22)35-19-33-4)21-6-11-25(12-7-21)34-18-24(32)17-31(2)3/h6-16,24,32H,5,17-20H2,1-4H3/b30-27+. The highest BCUT2D eigenvalue weighted by Crippen LogP contribution is 2.40. The molecule has 0 spiro atoms. The Morgan fingerprint density at radius 3 is 2.05 bits per heavy atom. The van der Waals surface area contributed by atoms with Crippen molar-refractivity contribution in [3.63, 3.8) is 0 Å². The van der Waals surface area contributed by atoms with Gasteiger partial charge in [0.25, 0.3) is 0 Å². The number of allylic oxidation sites excluding steroid dienone is 1. The number of methoxy groups -OCH3 is 1. The van der Waals surface area contributed by atoms with Gasteiger partial charge in [-0.15, -0.1) is 0 Å². The van der Waals surface area contributed by atoms with Crippen LogP contribution in [0.3, 0.4) is 0 Å². The lowest BCUT2D eigenvalue weighted by Crippen LogP contribution is -2.30. The van der Waals surface area contributed by atoms with Gasteiger partial charge in [-0.3, -0.25) is 0 Å². The third-order valence-electron chi connectivity index (χ3n) is 6.02. The molecule has 0 bridgehead atoms. The molecule has 3 aromatic rings. The summed E-state index contributed by atoms with van der Waals surface area (Å²) in [6, 6.07) is 22.1. The number of aliphatic hydroxyl groups excluding tert-OH is 1. The van der Waals surface area contributed by atoms with Crippen LogP contribution < -0.4 is 18.9 Å². The second-order valence-electron chi connectivity index (χ2n) is 9.10. The van der Waals surface area contributed by atoms with Gasteiger partial charge in [0.1, 0.15) is 24.2 Å². The highest BCUT2D eigenvalue weighted by molar-refractivity contribution is 5.99. The second kappa shape index (κ2) is 12.6. The van der Waals surface area contributed by atoms with Crippen molar-refractivity contribution in [2.45, 2.75) is 19.4 Å². The summed E-state index contributed by atoms with van der Waals surface area (Å²) in [5.74, 6) is 2.97. The van der Waals surface area contributed by atoms with Crippen LogP contribution in [-0.2, 0) is 4.74 Å². The predicted octanol–water partition coefficient (Wildman–Crippen LogP) is 5.07. The first-order valence-electron chi connectivity index (χ1n) is 12.4. The van der Waals surface area contributed by atoms with Gasteiger partial charge in [-0.1, -0.05) is 37.3 Å². The molecule has 0 fully saturated rings. The smallest absolute Gasteiger partial charge is 0.231 e. The van der Waals surface area contributed by atoms with Gasteiger partial charge in [-0.25, -0.2) is 0 Å². The molecule has 0 saturated carbocycles. The third-order valence-corrected chi connectivity index (χ3v) is 6.02. The van der Waals surface area contributed by atoms with Crippen molar-refractivity contribution in [2.75, 3.05) is 47.9 Å². The van der Waals surface area contributed by atoms with E-state index in [4.69, 9.17) is 23.7 Å². The summed E-state index contributed by atoms with van der Waals surface area (Å²) in [5.41, 5.74) is 5.49. The Labute approximate surface area is 218 Å². The van der Waals surface area contributed by atoms with Gasteiger partial charge >= 0.3 is 0 Å². The first-order chi connectivity index (χ1) is 18.0. The molecule has 1 aliphatic rings. The van der Waals surface area contributed by atoms with Crippen LogP contribution in [0, 0.1) is 0 Å². The molecule has 3 aromatic carbocycles. The molecule has 37 heavy (non-hydrogen) atoms. The van der Waals surface area contributed by atoms with E-state index in [0.717, 1.165) is 45.9 Å². The van der Waals surface area contributed by atoms with E-state index < -0.39 is 6.10 Å². The van der Waals surface area contributed by atoms with Crippen LogP contribution in [0.15, 0.2) is 66.7 Å². The molecular formula is C30H35NO6. The Morgan fingerprint density at radius 1 is 0.865 bits per heavy atom. The summed E-state index contributed by atoms with van der Waals surface area (Å²) in [7, 11) is 5.45. The van der Waals surface area contributed by atoms with Crippen molar-refractivity contribution in [1.82, 2.24) is 4.90 Å². The molecule has 0 aliphatic carbocycles. The number of fused-ring (bicyclic) bond motifs is 1. The first-order valence-corrected chi connectivity index (χ1v) is 12.4. The fourth-order valence-electron chi connectivity index (χ4n) is 4.35. The van der Waals surface area contributed by atoms with Crippen LogP contribution in [-0.4, -0.2) is 64.1 Å². The van der Waals surface area contributed by atoms with Gasteiger partial charge in [-0.05, 0) is 84.8 Å².